The summed E-state index contributed by atoms with van der Waals surface area (Å²) >= 11 is 0. The number of benzene rings is 1. The summed E-state index contributed by atoms with van der Waals surface area (Å²) in [6.07, 6.45) is 3.93. The van der Waals surface area contributed by atoms with Gasteiger partial charge in [-0.3, -0.25) is 0 Å². The second kappa shape index (κ2) is 7.29. The highest BCUT2D eigenvalue weighted by Gasteiger charge is 2.00. The zero-order valence-corrected chi connectivity index (χ0v) is 10.8. The quantitative estimate of drug-likeness (QED) is 0.709. The molecule has 0 saturated carbocycles. The van der Waals surface area contributed by atoms with Gasteiger partial charge in [0, 0.05) is 19.3 Å². The fourth-order valence-corrected chi connectivity index (χ4v) is 1.85. The second-order valence-electron chi connectivity index (χ2n) is 4.40. The number of hydrogen-bond donors (Lipinski definition) is 1. The maximum Gasteiger partial charge on any atom is 0.0340 e. The molecule has 0 atom stereocenters. The van der Waals surface area contributed by atoms with Gasteiger partial charge in [-0.2, -0.15) is 0 Å². The summed E-state index contributed by atoms with van der Waals surface area (Å²) in [5.74, 6) is 0. The van der Waals surface area contributed by atoms with Crippen molar-refractivity contribution >= 4 is 5.69 Å². The van der Waals surface area contributed by atoms with E-state index in [4.69, 9.17) is 0 Å². The molecule has 0 bridgehead atoms. The molecule has 1 rings (SSSR count). The molecule has 0 aliphatic heterocycles. The molecule has 2 heteroatoms. The number of nitrogens with one attached hydrogen (secondary N) is 1. The molecule has 0 aromatic heterocycles. The molecule has 0 radical (unpaired) electrons. The van der Waals surface area contributed by atoms with Gasteiger partial charge < -0.3 is 10.2 Å². The average Bonchev–Trinajstić information content (AvgIpc) is 2.29. The van der Waals surface area contributed by atoms with Crippen molar-refractivity contribution in [1.29, 1.82) is 0 Å². The summed E-state index contributed by atoms with van der Waals surface area (Å²) in [6, 6.07) is 8.62. The first-order chi connectivity index (χ1) is 7.76. The lowest BCUT2D eigenvalue weighted by atomic mass is 10.2. The van der Waals surface area contributed by atoms with Crippen LogP contribution in [-0.2, 0) is 6.54 Å². The summed E-state index contributed by atoms with van der Waals surface area (Å²) in [5.41, 5.74) is 2.57. The molecular weight excluding hydrogens is 196 g/mol. The van der Waals surface area contributed by atoms with Crippen LogP contribution in [0.3, 0.4) is 0 Å². The fourth-order valence-electron chi connectivity index (χ4n) is 1.85. The van der Waals surface area contributed by atoms with E-state index in [0.29, 0.717) is 0 Å². The Hall–Kier alpha value is -1.02. The van der Waals surface area contributed by atoms with Crippen LogP contribution in [0.1, 0.15) is 31.7 Å². The molecule has 0 amide bonds. The molecule has 16 heavy (non-hydrogen) atoms. The smallest absolute Gasteiger partial charge is 0.0340 e. The Balaban J connectivity index is 2.39. The number of rotatable bonds is 7. The normalized spacial score (nSPS) is 10.8. The van der Waals surface area contributed by atoms with E-state index in [2.05, 4.69) is 48.5 Å². The van der Waals surface area contributed by atoms with Gasteiger partial charge in [0.05, 0.1) is 0 Å². The zero-order chi connectivity index (χ0) is 11.8. The standard InChI is InChI=1S/C14H24N2/c1-4-5-6-10-16(3)12-13-8-7-9-14(11-13)15-2/h7-9,11,15H,4-6,10,12H2,1-3H3. The molecule has 1 N–H and O–H groups in total. The van der Waals surface area contributed by atoms with E-state index in [0.717, 1.165) is 6.54 Å². The highest BCUT2D eigenvalue weighted by Crippen LogP contribution is 2.11. The van der Waals surface area contributed by atoms with E-state index in [-0.39, 0.29) is 0 Å². The Bertz CT molecular complexity index is 297. The third-order valence-electron chi connectivity index (χ3n) is 2.81. The van der Waals surface area contributed by atoms with Crippen molar-refractivity contribution in [2.24, 2.45) is 0 Å². The number of hydrogen-bond acceptors (Lipinski definition) is 2. The molecule has 0 spiro atoms. The summed E-state index contributed by atoms with van der Waals surface area (Å²) in [5, 5.41) is 3.17. The predicted octanol–water partition coefficient (Wildman–Crippen LogP) is 3.35. The van der Waals surface area contributed by atoms with Crippen molar-refractivity contribution in [2.45, 2.75) is 32.7 Å². The highest BCUT2D eigenvalue weighted by atomic mass is 15.1. The minimum Gasteiger partial charge on any atom is -0.388 e. The first-order valence-electron chi connectivity index (χ1n) is 6.21. The highest BCUT2D eigenvalue weighted by molar-refractivity contribution is 5.44. The van der Waals surface area contributed by atoms with Crippen molar-refractivity contribution in [1.82, 2.24) is 4.90 Å². The van der Waals surface area contributed by atoms with Crippen molar-refractivity contribution in [3.63, 3.8) is 0 Å². The molecule has 0 heterocycles. The molecular formula is C14H24N2. The van der Waals surface area contributed by atoms with Crippen molar-refractivity contribution in [2.75, 3.05) is 26.0 Å². The van der Waals surface area contributed by atoms with Gasteiger partial charge in [-0.1, -0.05) is 31.9 Å². The van der Waals surface area contributed by atoms with Crippen LogP contribution in [0.25, 0.3) is 0 Å². The van der Waals surface area contributed by atoms with Crippen LogP contribution < -0.4 is 5.32 Å². The van der Waals surface area contributed by atoms with E-state index < -0.39 is 0 Å². The largest absolute Gasteiger partial charge is 0.388 e. The second-order valence-corrected chi connectivity index (χ2v) is 4.40. The van der Waals surface area contributed by atoms with Crippen LogP contribution in [-0.4, -0.2) is 25.5 Å². The van der Waals surface area contributed by atoms with Crippen molar-refractivity contribution in [3.05, 3.63) is 29.8 Å². The Morgan fingerprint density at radius 3 is 2.75 bits per heavy atom. The van der Waals surface area contributed by atoms with Crippen LogP contribution in [0.5, 0.6) is 0 Å². The third-order valence-corrected chi connectivity index (χ3v) is 2.81. The lowest BCUT2D eigenvalue weighted by molar-refractivity contribution is 0.318. The van der Waals surface area contributed by atoms with Gasteiger partial charge in [-0.05, 0) is 37.7 Å². The average molecular weight is 220 g/mol. The van der Waals surface area contributed by atoms with Gasteiger partial charge in [-0.25, -0.2) is 0 Å². The van der Waals surface area contributed by atoms with Crippen LogP contribution in [0, 0.1) is 0 Å². The SMILES string of the molecule is CCCCCN(C)Cc1cccc(NC)c1. The van der Waals surface area contributed by atoms with Gasteiger partial charge in [0.1, 0.15) is 0 Å². The molecule has 2 nitrogen and oxygen atoms in total. The van der Waals surface area contributed by atoms with E-state index in [1.54, 1.807) is 0 Å². The third kappa shape index (κ3) is 4.67. The zero-order valence-electron chi connectivity index (χ0n) is 10.8. The Morgan fingerprint density at radius 1 is 1.25 bits per heavy atom. The van der Waals surface area contributed by atoms with Crippen LogP contribution in [0.2, 0.25) is 0 Å². The number of unbranched alkanes of at least 4 members (excludes halogenated alkanes) is 2. The first-order valence-corrected chi connectivity index (χ1v) is 6.21. The van der Waals surface area contributed by atoms with Gasteiger partial charge in [0.15, 0.2) is 0 Å². The van der Waals surface area contributed by atoms with Crippen LogP contribution in [0.4, 0.5) is 5.69 Å². The fraction of sp³-hybridized carbons (Fsp3) is 0.571. The molecule has 90 valence electrons. The Morgan fingerprint density at radius 2 is 2.06 bits per heavy atom. The van der Waals surface area contributed by atoms with E-state index >= 15 is 0 Å². The minimum absolute atomic E-state index is 1.04. The predicted molar refractivity (Wildman–Crippen MR) is 71.8 cm³/mol. The van der Waals surface area contributed by atoms with Gasteiger partial charge >= 0.3 is 0 Å². The Kier molecular flexibility index (Phi) is 5.94. The number of anilines is 1. The molecule has 0 unspecified atom stereocenters. The minimum atomic E-state index is 1.04. The van der Waals surface area contributed by atoms with Gasteiger partial charge in [0.2, 0.25) is 0 Å². The van der Waals surface area contributed by atoms with Gasteiger partial charge in [0.25, 0.3) is 0 Å². The van der Waals surface area contributed by atoms with E-state index in [1.807, 2.05) is 7.05 Å². The van der Waals surface area contributed by atoms with Crippen molar-refractivity contribution in [3.8, 4) is 0 Å². The summed E-state index contributed by atoms with van der Waals surface area (Å²) in [4.78, 5) is 2.39. The lowest BCUT2D eigenvalue weighted by Gasteiger charge is -2.16. The Labute approximate surface area is 99.7 Å². The first kappa shape index (κ1) is 13.0. The maximum absolute atomic E-state index is 3.17. The summed E-state index contributed by atoms with van der Waals surface area (Å²) in [6.45, 7) is 4.48. The van der Waals surface area contributed by atoms with Crippen LogP contribution >= 0.6 is 0 Å². The molecule has 0 saturated heterocycles. The maximum atomic E-state index is 3.17. The molecule has 0 fully saturated rings. The van der Waals surface area contributed by atoms with Gasteiger partial charge in [-0.15, -0.1) is 0 Å². The lowest BCUT2D eigenvalue weighted by Crippen LogP contribution is -2.19. The molecule has 1 aromatic rings. The molecule has 0 aliphatic carbocycles. The van der Waals surface area contributed by atoms with E-state index in [1.165, 1.54) is 37.1 Å². The summed E-state index contributed by atoms with van der Waals surface area (Å²) < 4.78 is 0. The molecule has 1 aromatic carbocycles. The number of nitrogens with zero attached hydrogens (tertiary/aromatic N) is 1. The summed E-state index contributed by atoms with van der Waals surface area (Å²) in [7, 11) is 4.16. The van der Waals surface area contributed by atoms with Crippen LogP contribution in [0.15, 0.2) is 24.3 Å². The molecule has 0 aliphatic rings. The topological polar surface area (TPSA) is 15.3 Å². The van der Waals surface area contributed by atoms with Crippen molar-refractivity contribution < 1.29 is 0 Å². The monoisotopic (exact) mass is 220 g/mol. The van der Waals surface area contributed by atoms with E-state index in [9.17, 15) is 0 Å².